The minimum atomic E-state index is -1.08. The molecule has 0 saturated heterocycles. The Hall–Kier alpha value is -2.11. The zero-order chi connectivity index (χ0) is 13.3. The fourth-order valence-electron chi connectivity index (χ4n) is 2.00. The van der Waals surface area contributed by atoms with Crippen molar-refractivity contribution < 1.29 is 23.8 Å². The van der Waals surface area contributed by atoms with Gasteiger partial charge in [-0.2, -0.15) is 0 Å². The second-order valence-electron chi connectivity index (χ2n) is 4.01. The third-order valence-corrected chi connectivity index (χ3v) is 2.87. The number of amides is 1. The van der Waals surface area contributed by atoms with E-state index in [2.05, 4.69) is 0 Å². The van der Waals surface area contributed by atoms with E-state index in [9.17, 15) is 14.0 Å². The summed E-state index contributed by atoms with van der Waals surface area (Å²) in [6, 6.07) is 2.59. The summed E-state index contributed by atoms with van der Waals surface area (Å²) in [5, 5.41) is 8.68. The highest BCUT2D eigenvalue weighted by molar-refractivity contribution is 5.98. The van der Waals surface area contributed by atoms with Gasteiger partial charge in [0.05, 0.1) is 7.11 Å². The average molecular weight is 253 g/mol. The molecule has 1 aliphatic heterocycles. The van der Waals surface area contributed by atoms with Crippen LogP contribution in [0.5, 0.6) is 5.75 Å². The Balaban J connectivity index is 2.35. The summed E-state index contributed by atoms with van der Waals surface area (Å²) in [7, 11) is 1.35. The van der Waals surface area contributed by atoms with Gasteiger partial charge in [-0.25, -0.2) is 4.39 Å². The molecule has 18 heavy (non-hydrogen) atoms. The smallest absolute Gasteiger partial charge is 0.323 e. The number of benzene rings is 1. The molecule has 1 amide bonds. The zero-order valence-corrected chi connectivity index (χ0v) is 9.77. The van der Waals surface area contributed by atoms with Crippen molar-refractivity contribution in [3.63, 3.8) is 0 Å². The van der Waals surface area contributed by atoms with Crippen LogP contribution in [0.1, 0.15) is 15.9 Å². The van der Waals surface area contributed by atoms with E-state index < -0.39 is 17.7 Å². The molecule has 0 radical (unpaired) electrons. The number of carbonyl (C=O) groups is 2. The van der Waals surface area contributed by atoms with Crippen molar-refractivity contribution in [1.82, 2.24) is 4.90 Å². The number of ether oxygens (including phenoxy) is 1. The maximum absolute atomic E-state index is 13.5. The maximum atomic E-state index is 13.5. The number of rotatable bonds is 3. The molecule has 0 aliphatic carbocycles. The molecule has 1 aliphatic rings. The highest BCUT2D eigenvalue weighted by atomic mass is 19.1. The number of methoxy groups -OCH3 is 1. The Morgan fingerprint density at radius 2 is 2.28 bits per heavy atom. The van der Waals surface area contributed by atoms with Crippen molar-refractivity contribution in [2.24, 2.45) is 0 Å². The van der Waals surface area contributed by atoms with Gasteiger partial charge < -0.3 is 14.7 Å². The summed E-state index contributed by atoms with van der Waals surface area (Å²) in [5.41, 5.74) is 0.890. The topological polar surface area (TPSA) is 66.8 Å². The number of halogens is 1. The quantitative estimate of drug-likeness (QED) is 0.869. The van der Waals surface area contributed by atoms with Crippen LogP contribution in [0.25, 0.3) is 0 Å². The summed E-state index contributed by atoms with van der Waals surface area (Å²) in [4.78, 5) is 23.8. The van der Waals surface area contributed by atoms with E-state index in [1.807, 2.05) is 0 Å². The molecule has 2 rings (SSSR count). The Morgan fingerprint density at radius 1 is 1.56 bits per heavy atom. The van der Waals surface area contributed by atoms with E-state index >= 15 is 0 Å². The van der Waals surface area contributed by atoms with Gasteiger partial charge in [-0.15, -0.1) is 0 Å². The molecule has 1 aromatic carbocycles. The highest BCUT2D eigenvalue weighted by Gasteiger charge is 2.27. The van der Waals surface area contributed by atoms with Crippen LogP contribution in [-0.4, -0.2) is 42.1 Å². The molecule has 0 fully saturated rings. The van der Waals surface area contributed by atoms with Gasteiger partial charge in [0.15, 0.2) is 11.6 Å². The van der Waals surface area contributed by atoms with E-state index in [-0.39, 0.29) is 17.9 Å². The Bertz CT molecular complexity index is 515. The lowest BCUT2D eigenvalue weighted by Gasteiger charge is -2.27. The third-order valence-electron chi connectivity index (χ3n) is 2.87. The molecule has 5 nitrogen and oxygen atoms in total. The van der Waals surface area contributed by atoms with E-state index in [0.717, 1.165) is 6.07 Å². The van der Waals surface area contributed by atoms with Crippen LogP contribution in [0, 0.1) is 5.82 Å². The minimum Gasteiger partial charge on any atom is -0.494 e. The van der Waals surface area contributed by atoms with E-state index in [1.54, 1.807) is 0 Å². The first-order chi connectivity index (χ1) is 8.52. The Labute approximate surface area is 103 Å². The van der Waals surface area contributed by atoms with Gasteiger partial charge in [0, 0.05) is 12.1 Å². The van der Waals surface area contributed by atoms with Crippen molar-refractivity contribution in [3.05, 3.63) is 29.1 Å². The molecule has 0 unspecified atom stereocenters. The van der Waals surface area contributed by atoms with Crippen LogP contribution < -0.4 is 4.74 Å². The fourth-order valence-corrected chi connectivity index (χ4v) is 2.00. The van der Waals surface area contributed by atoms with Crippen LogP contribution in [0.3, 0.4) is 0 Å². The predicted molar refractivity (Wildman–Crippen MR) is 60.2 cm³/mol. The molecule has 0 bridgehead atoms. The van der Waals surface area contributed by atoms with Crippen molar-refractivity contribution in [1.29, 1.82) is 0 Å². The second kappa shape index (κ2) is 4.64. The van der Waals surface area contributed by atoms with Crippen molar-refractivity contribution >= 4 is 11.9 Å². The van der Waals surface area contributed by atoms with Crippen molar-refractivity contribution in [2.45, 2.75) is 6.42 Å². The summed E-state index contributed by atoms with van der Waals surface area (Å²) < 4.78 is 18.4. The lowest BCUT2D eigenvalue weighted by Crippen LogP contribution is -2.40. The van der Waals surface area contributed by atoms with Crippen molar-refractivity contribution in [2.75, 3.05) is 20.2 Å². The number of fused-ring (bicyclic) bond motifs is 1. The fraction of sp³-hybridized carbons (Fsp3) is 0.333. The first-order valence-corrected chi connectivity index (χ1v) is 5.40. The summed E-state index contributed by atoms with van der Waals surface area (Å²) >= 11 is 0. The number of hydrogen-bond donors (Lipinski definition) is 1. The standard InChI is InChI=1S/C12H12FNO4/c1-18-10-4-7-2-3-14(6-11(15)16)12(17)8(7)5-9(10)13/h4-5H,2-3,6H2,1H3,(H,15,16). The number of hydrogen-bond acceptors (Lipinski definition) is 3. The summed E-state index contributed by atoms with van der Waals surface area (Å²) in [5.74, 6) is -2.07. The normalized spacial score (nSPS) is 14.3. The molecule has 6 heteroatoms. The van der Waals surface area contributed by atoms with Gasteiger partial charge in [0.25, 0.3) is 5.91 Å². The van der Waals surface area contributed by atoms with E-state index in [1.165, 1.54) is 18.1 Å². The van der Waals surface area contributed by atoms with Crippen molar-refractivity contribution in [3.8, 4) is 5.75 Å². The molecule has 1 aromatic rings. The second-order valence-corrected chi connectivity index (χ2v) is 4.01. The number of nitrogens with zero attached hydrogens (tertiary/aromatic N) is 1. The van der Waals surface area contributed by atoms with Gasteiger partial charge >= 0.3 is 5.97 Å². The van der Waals surface area contributed by atoms with Gasteiger partial charge in [0.2, 0.25) is 0 Å². The number of carbonyl (C=O) groups excluding carboxylic acids is 1. The molecule has 1 N–H and O–H groups in total. The van der Waals surface area contributed by atoms with Crippen LogP contribution in [0.2, 0.25) is 0 Å². The van der Waals surface area contributed by atoms with Crippen LogP contribution >= 0.6 is 0 Å². The molecular formula is C12H12FNO4. The molecule has 0 saturated carbocycles. The Morgan fingerprint density at radius 3 is 2.89 bits per heavy atom. The average Bonchev–Trinajstić information content (AvgIpc) is 2.32. The van der Waals surface area contributed by atoms with Crippen LogP contribution in [0.4, 0.5) is 4.39 Å². The molecule has 1 heterocycles. The first-order valence-electron chi connectivity index (χ1n) is 5.40. The number of carboxylic acid groups (broad SMARTS) is 1. The molecule has 0 aromatic heterocycles. The predicted octanol–water partition coefficient (Wildman–Crippen LogP) is 0.917. The van der Waals surface area contributed by atoms with E-state index in [4.69, 9.17) is 9.84 Å². The molecular weight excluding hydrogens is 241 g/mol. The van der Waals surface area contributed by atoms with Crippen LogP contribution in [-0.2, 0) is 11.2 Å². The molecule has 0 spiro atoms. The van der Waals surface area contributed by atoms with Gasteiger partial charge in [-0.3, -0.25) is 9.59 Å². The first kappa shape index (κ1) is 12.3. The largest absolute Gasteiger partial charge is 0.494 e. The lowest BCUT2D eigenvalue weighted by atomic mass is 9.98. The number of carboxylic acids is 1. The maximum Gasteiger partial charge on any atom is 0.323 e. The van der Waals surface area contributed by atoms with Crippen LogP contribution in [0.15, 0.2) is 12.1 Å². The summed E-state index contributed by atoms with van der Waals surface area (Å²) in [6.45, 7) is -0.0567. The highest BCUT2D eigenvalue weighted by Crippen LogP contribution is 2.26. The monoisotopic (exact) mass is 253 g/mol. The summed E-state index contributed by atoms with van der Waals surface area (Å²) in [6.07, 6.45) is 0.491. The minimum absolute atomic E-state index is 0.0910. The van der Waals surface area contributed by atoms with Gasteiger partial charge in [-0.05, 0) is 24.1 Å². The Kier molecular flexibility index (Phi) is 3.18. The SMILES string of the molecule is COc1cc2c(cc1F)C(=O)N(CC(=O)O)CC2. The van der Waals surface area contributed by atoms with Gasteiger partial charge in [0.1, 0.15) is 6.54 Å². The van der Waals surface area contributed by atoms with E-state index in [0.29, 0.717) is 18.5 Å². The third kappa shape index (κ3) is 2.13. The lowest BCUT2D eigenvalue weighted by molar-refractivity contribution is -0.137. The molecule has 0 atom stereocenters. The number of aliphatic carboxylic acids is 1. The zero-order valence-electron chi connectivity index (χ0n) is 9.77. The van der Waals surface area contributed by atoms with Gasteiger partial charge in [-0.1, -0.05) is 0 Å². The molecule has 96 valence electrons.